The van der Waals surface area contributed by atoms with Gasteiger partial charge in [0.05, 0.1) is 11.0 Å². The summed E-state index contributed by atoms with van der Waals surface area (Å²) in [4.78, 5) is 4.18. The fourth-order valence-corrected chi connectivity index (χ4v) is 1.72. The third-order valence-corrected chi connectivity index (χ3v) is 2.50. The quantitative estimate of drug-likeness (QED) is 0.539. The molecular formula is C7H6N2S2. The van der Waals surface area contributed by atoms with Crippen molar-refractivity contribution in [1.82, 2.24) is 8.96 Å². The number of hydrogen-bond donors (Lipinski definition) is 1. The van der Waals surface area contributed by atoms with E-state index in [0.717, 1.165) is 11.0 Å². The monoisotopic (exact) mass is 182 g/mol. The first-order valence-electron chi connectivity index (χ1n) is 3.16. The number of imidazole rings is 1. The molecule has 0 aliphatic rings. The summed E-state index contributed by atoms with van der Waals surface area (Å²) in [6.45, 7) is 0. The summed E-state index contributed by atoms with van der Waals surface area (Å²) < 4.78 is 1.92. The summed E-state index contributed by atoms with van der Waals surface area (Å²) in [5.74, 6) is 0. The first-order chi connectivity index (χ1) is 5.42. The number of hydrogen-bond acceptors (Lipinski definition) is 3. The first-order valence-corrected chi connectivity index (χ1v) is 4.98. The summed E-state index contributed by atoms with van der Waals surface area (Å²) in [5.41, 5.74) is 2.11. The van der Waals surface area contributed by atoms with E-state index in [9.17, 15) is 0 Å². The van der Waals surface area contributed by atoms with Crippen molar-refractivity contribution in [3.8, 4) is 0 Å². The summed E-state index contributed by atoms with van der Waals surface area (Å²) >= 11 is 4.09. The average Bonchev–Trinajstić information content (AvgIpc) is 2.47. The van der Waals surface area contributed by atoms with E-state index in [1.54, 1.807) is 6.33 Å². The van der Waals surface area contributed by atoms with Gasteiger partial charge in [-0.1, -0.05) is 23.8 Å². The Morgan fingerprint density at radius 2 is 2.18 bits per heavy atom. The van der Waals surface area contributed by atoms with Crippen LogP contribution in [0.5, 0.6) is 0 Å². The number of nitrogens with zero attached hydrogens (tertiary/aromatic N) is 2. The van der Waals surface area contributed by atoms with Crippen molar-refractivity contribution in [3.63, 3.8) is 0 Å². The van der Waals surface area contributed by atoms with Gasteiger partial charge in [-0.15, -0.1) is 0 Å². The molecule has 1 heterocycles. The summed E-state index contributed by atoms with van der Waals surface area (Å²) in [5, 5.41) is 0. The Morgan fingerprint density at radius 3 is 3.00 bits per heavy atom. The van der Waals surface area contributed by atoms with Crippen LogP contribution in [0, 0.1) is 0 Å². The number of fused-ring (bicyclic) bond motifs is 1. The highest BCUT2D eigenvalue weighted by atomic mass is 33.1. The zero-order valence-electron chi connectivity index (χ0n) is 5.64. The van der Waals surface area contributed by atoms with Crippen molar-refractivity contribution in [3.05, 3.63) is 30.6 Å². The van der Waals surface area contributed by atoms with Crippen LogP contribution >= 0.6 is 22.6 Å². The third kappa shape index (κ3) is 1.12. The van der Waals surface area contributed by atoms with E-state index < -0.39 is 0 Å². The summed E-state index contributed by atoms with van der Waals surface area (Å²) in [7, 11) is 1.35. The second-order valence-electron chi connectivity index (χ2n) is 2.14. The van der Waals surface area contributed by atoms with Crippen molar-refractivity contribution >= 4 is 33.7 Å². The molecule has 0 unspecified atom stereocenters. The number of para-hydroxylation sites is 2. The molecule has 0 atom stereocenters. The minimum Gasteiger partial charge on any atom is -0.263 e. The van der Waals surface area contributed by atoms with Gasteiger partial charge in [0, 0.05) is 11.0 Å². The molecule has 0 spiro atoms. The lowest BCUT2D eigenvalue weighted by Crippen LogP contribution is -1.76. The largest absolute Gasteiger partial charge is 0.263 e. The number of aromatic nitrogens is 2. The van der Waals surface area contributed by atoms with Gasteiger partial charge in [0.1, 0.15) is 6.33 Å². The first kappa shape index (κ1) is 7.06. The van der Waals surface area contributed by atoms with Crippen LogP contribution in [0.4, 0.5) is 0 Å². The van der Waals surface area contributed by atoms with Gasteiger partial charge < -0.3 is 0 Å². The minimum atomic E-state index is 1.01. The lowest BCUT2D eigenvalue weighted by atomic mass is 10.3. The number of rotatable bonds is 1. The van der Waals surface area contributed by atoms with Crippen LogP contribution in [0.3, 0.4) is 0 Å². The van der Waals surface area contributed by atoms with Crippen molar-refractivity contribution in [2.24, 2.45) is 0 Å². The average molecular weight is 182 g/mol. The summed E-state index contributed by atoms with van der Waals surface area (Å²) in [6, 6.07) is 7.97. The Morgan fingerprint density at radius 1 is 1.36 bits per heavy atom. The van der Waals surface area contributed by atoms with Gasteiger partial charge in [0.15, 0.2) is 0 Å². The summed E-state index contributed by atoms with van der Waals surface area (Å²) in [6.07, 6.45) is 1.77. The third-order valence-electron chi connectivity index (χ3n) is 1.51. The van der Waals surface area contributed by atoms with Gasteiger partial charge in [0.2, 0.25) is 0 Å². The highest BCUT2D eigenvalue weighted by Crippen LogP contribution is 2.19. The second-order valence-corrected chi connectivity index (χ2v) is 3.19. The van der Waals surface area contributed by atoms with Crippen LogP contribution < -0.4 is 0 Å². The Kier molecular flexibility index (Phi) is 1.79. The van der Waals surface area contributed by atoms with Crippen LogP contribution in [-0.2, 0) is 0 Å². The zero-order chi connectivity index (χ0) is 7.68. The Labute approximate surface area is 73.6 Å². The Hall–Kier alpha value is -0.610. The predicted octanol–water partition coefficient (Wildman–Crippen LogP) is 2.38. The van der Waals surface area contributed by atoms with Gasteiger partial charge in [-0.05, 0) is 12.1 Å². The maximum atomic E-state index is 4.18. The fraction of sp³-hybridized carbons (Fsp3) is 0. The highest BCUT2D eigenvalue weighted by Gasteiger charge is 1.98. The molecular weight excluding hydrogens is 176 g/mol. The molecule has 4 heteroatoms. The molecule has 0 radical (unpaired) electrons. The molecule has 0 saturated carbocycles. The Bertz CT molecular complexity index is 369. The highest BCUT2D eigenvalue weighted by molar-refractivity contribution is 8.68. The second kappa shape index (κ2) is 2.79. The molecule has 0 aliphatic heterocycles. The molecule has 0 aliphatic carbocycles. The number of thiol groups is 1. The molecule has 2 nitrogen and oxygen atoms in total. The maximum absolute atomic E-state index is 4.18. The molecule has 0 bridgehead atoms. The van der Waals surface area contributed by atoms with Gasteiger partial charge in [-0.25, -0.2) is 4.98 Å². The molecule has 2 rings (SSSR count). The van der Waals surface area contributed by atoms with E-state index in [2.05, 4.69) is 16.6 Å². The topological polar surface area (TPSA) is 17.8 Å². The van der Waals surface area contributed by atoms with E-state index in [0.29, 0.717) is 0 Å². The normalized spacial score (nSPS) is 10.6. The lowest BCUT2D eigenvalue weighted by Gasteiger charge is -1.93. The molecule has 0 N–H and O–H groups in total. The SMILES string of the molecule is SSn1cnc2ccccc21. The zero-order valence-corrected chi connectivity index (χ0v) is 7.35. The van der Waals surface area contributed by atoms with Gasteiger partial charge in [-0.3, -0.25) is 3.97 Å². The predicted molar refractivity (Wildman–Crippen MR) is 51.7 cm³/mol. The van der Waals surface area contributed by atoms with Crippen LogP contribution in [0.2, 0.25) is 0 Å². The van der Waals surface area contributed by atoms with Crippen LogP contribution in [0.1, 0.15) is 0 Å². The van der Waals surface area contributed by atoms with E-state index in [4.69, 9.17) is 0 Å². The maximum Gasteiger partial charge on any atom is 0.107 e. The van der Waals surface area contributed by atoms with E-state index in [-0.39, 0.29) is 0 Å². The van der Waals surface area contributed by atoms with Gasteiger partial charge in [0.25, 0.3) is 0 Å². The van der Waals surface area contributed by atoms with Gasteiger partial charge >= 0.3 is 0 Å². The molecule has 56 valence electrons. The molecule has 2 aromatic rings. The van der Waals surface area contributed by atoms with Crippen LogP contribution in [0.15, 0.2) is 30.6 Å². The van der Waals surface area contributed by atoms with Crippen molar-refractivity contribution < 1.29 is 0 Å². The van der Waals surface area contributed by atoms with E-state index in [1.165, 1.54) is 11.0 Å². The molecule has 0 saturated heterocycles. The van der Waals surface area contributed by atoms with E-state index >= 15 is 0 Å². The lowest BCUT2D eigenvalue weighted by molar-refractivity contribution is 1.28. The van der Waals surface area contributed by atoms with Crippen LogP contribution in [-0.4, -0.2) is 8.96 Å². The Balaban J connectivity index is 2.76. The molecule has 11 heavy (non-hydrogen) atoms. The van der Waals surface area contributed by atoms with Crippen molar-refractivity contribution in [1.29, 1.82) is 0 Å². The van der Waals surface area contributed by atoms with Gasteiger partial charge in [-0.2, -0.15) is 0 Å². The van der Waals surface area contributed by atoms with Crippen LogP contribution in [0.25, 0.3) is 11.0 Å². The number of benzene rings is 1. The molecule has 0 fully saturated rings. The molecule has 1 aromatic heterocycles. The van der Waals surface area contributed by atoms with Crippen molar-refractivity contribution in [2.75, 3.05) is 0 Å². The fourth-order valence-electron chi connectivity index (χ4n) is 1.00. The minimum absolute atomic E-state index is 1.01. The molecule has 1 aromatic carbocycles. The molecule has 0 amide bonds. The smallest absolute Gasteiger partial charge is 0.107 e. The van der Waals surface area contributed by atoms with E-state index in [1.807, 2.05) is 28.2 Å². The van der Waals surface area contributed by atoms with Crippen molar-refractivity contribution in [2.45, 2.75) is 0 Å². The standard InChI is InChI=1S/C7H6N2S2/c10-11-9-5-8-6-3-1-2-4-7(6)9/h1-5,10H.